The van der Waals surface area contributed by atoms with Gasteiger partial charge in [-0.25, -0.2) is 4.39 Å². The van der Waals surface area contributed by atoms with Crippen molar-refractivity contribution in [3.8, 4) is 5.75 Å². The van der Waals surface area contributed by atoms with Gasteiger partial charge >= 0.3 is 5.97 Å². The van der Waals surface area contributed by atoms with Crippen LogP contribution >= 0.6 is 23.2 Å². The molecule has 1 aliphatic heterocycles. The van der Waals surface area contributed by atoms with Crippen LogP contribution in [0.15, 0.2) is 36.4 Å². The monoisotopic (exact) mass is 411 g/mol. The summed E-state index contributed by atoms with van der Waals surface area (Å²) in [6.07, 6.45) is 0. The fourth-order valence-corrected chi connectivity index (χ4v) is 2.80. The standard InChI is InChI=1S/C18H12Cl2FNO5/c19-12-7-10-11(8-13(12)20)18(25)22(17(10)24)9-16(23)27-6-5-26-15-4-2-1-3-14(15)21/h1-4,7-8H,5-6,9H2. The summed E-state index contributed by atoms with van der Waals surface area (Å²) in [6, 6.07) is 8.37. The molecule has 1 aliphatic rings. The van der Waals surface area contributed by atoms with Gasteiger partial charge < -0.3 is 9.47 Å². The zero-order valence-corrected chi connectivity index (χ0v) is 15.2. The fourth-order valence-electron chi connectivity index (χ4n) is 2.47. The number of hydrogen-bond donors (Lipinski definition) is 0. The molecule has 0 unspecified atom stereocenters. The van der Waals surface area contributed by atoms with Crippen LogP contribution in [0.2, 0.25) is 10.0 Å². The molecule has 27 heavy (non-hydrogen) atoms. The number of fused-ring (bicyclic) bond motifs is 1. The van der Waals surface area contributed by atoms with Crippen molar-refractivity contribution >= 4 is 41.0 Å². The van der Waals surface area contributed by atoms with Crippen LogP contribution in [0.3, 0.4) is 0 Å². The molecule has 6 nitrogen and oxygen atoms in total. The van der Waals surface area contributed by atoms with Gasteiger partial charge in [0, 0.05) is 0 Å². The van der Waals surface area contributed by atoms with E-state index in [0.29, 0.717) is 0 Å². The SMILES string of the molecule is O=C(CN1C(=O)c2cc(Cl)c(Cl)cc2C1=O)OCCOc1ccccc1F. The molecule has 0 aliphatic carbocycles. The van der Waals surface area contributed by atoms with Gasteiger partial charge in [0.25, 0.3) is 11.8 Å². The summed E-state index contributed by atoms with van der Waals surface area (Å²) in [7, 11) is 0. The number of ether oxygens (including phenoxy) is 2. The van der Waals surface area contributed by atoms with Crippen molar-refractivity contribution in [3.63, 3.8) is 0 Å². The molecule has 0 radical (unpaired) electrons. The number of imide groups is 1. The van der Waals surface area contributed by atoms with E-state index in [-0.39, 0.29) is 40.1 Å². The summed E-state index contributed by atoms with van der Waals surface area (Å²) < 4.78 is 23.5. The van der Waals surface area contributed by atoms with Gasteiger partial charge in [-0.2, -0.15) is 0 Å². The van der Waals surface area contributed by atoms with Crippen LogP contribution in [0, 0.1) is 5.82 Å². The highest BCUT2D eigenvalue weighted by Gasteiger charge is 2.37. The molecule has 0 fully saturated rings. The number of benzene rings is 2. The average molecular weight is 412 g/mol. The predicted octanol–water partition coefficient (Wildman–Crippen LogP) is 3.35. The van der Waals surface area contributed by atoms with E-state index in [4.69, 9.17) is 32.7 Å². The Morgan fingerprint density at radius 2 is 1.59 bits per heavy atom. The van der Waals surface area contributed by atoms with Crippen molar-refractivity contribution in [2.75, 3.05) is 19.8 Å². The van der Waals surface area contributed by atoms with Gasteiger partial charge in [-0.3, -0.25) is 19.3 Å². The number of halogens is 3. The predicted molar refractivity (Wildman–Crippen MR) is 94.7 cm³/mol. The first-order valence-electron chi connectivity index (χ1n) is 7.76. The lowest BCUT2D eigenvalue weighted by molar-refractivity contribution is -0.144. The van der Waals surface area contributed by atoms with Crippen molar-refractivity contribution in [2.45, 2.75) is 0 Å². The van der Waals surface area contributed by atoms with Crippen LogP contribution in [-0.4, -0.2) is 42.4 Å². The van der Waals surface area contributed by atoms with Gasteiger partial charge in [-0.15, -0.1) is 0 Å². The highest BCUT2D eigenvalue weighted by atomic mass is 35.5. The van der Waals surface area contributed by atoms with E-state index in [9.17, 15) is 18.8 Å². The molecular weight excluding hydrogens is 400 g/mol. The molecule has 0 saturated heterocycles. The largest absolute Gasteiger partial charge is 0.487 e. The minimum atomic E-state index is -0.807. The second kappa shape index (κ2) is 7.94. The van der Waals surface area contributed by atoms with Gasteiger partial charge in [-0.05, 0) is 24.3 Å². The first-order chi connectivity index (χ1) is 12.9. The molecule has 2 aromatic carbocycles. The first-order valence-corrected chi connectivity index (χ1v) is 8.52. The van der Waals surface area contributed by atoms with Crippen LogP contribution in [0.25, 0.3) is 0 Å². The Kier molecular flexibility index (Phi) is 5.62. The van der Waals surface area contributed by atoms with Crippen LogP contribution in [0.1, 0.15) is 20.7 Å². The second-order valence-electron chi connectivity index (χ2n) is 5.51. The van der Waals surface area contributed by atoms with Crippen LogP contribution in [0.4, 0.5) is 4.39 Å². The van der Waals surface area contributed by atoms with E-state index in [1.54, 1.807) is 6.07 Å². The number of nitrogens with zero attached hydrogens (tertiary/aromatic N) is 1. The average Bonchev–Trinajstić information content (AvgIpc) is 2.85. The number of amides is 2. The lowest BCUT2D eigenvalue weighted by Crippen LogP contribution is -2.36. The highest BCUT2D eigenvalue weighted by molar-refractivity contribution is 6.43. The Morgan fingerprint density at radius 1 is 1.00 bits per heavy atom. The third-order valence-corrected chi connectivity index (χ3v) is 4.46. The minimum Gasteiger partial charge on any atom is -0.487 e. The van der Waals surface area contributed by atoms with Gasteiger partial charge in [0.2, 0.25) is 0 Å². The summed E-state index contributed by atoms with van der Waals surface area (Å²) in [6.45, 7) is -0.824. The van der Waals surface area contributed by atoms with Crippen molar-refractivity contribution in [1.29, 1.82) is 0 Å². The number of carbonyl (C=O) groups excluding carboxylic acids is 3. The van der Waals surface area contributed by atoms with Crippen molar-refractivity contribution in [2.24, 2.45) is 0 Å². The quantitative estimate of drug-likeness (QED) is 0.414. The van der Waals surface area contributed by atoms with Crippen LogP contribution in [-0.2, 0) is 9.53 Å². The lowest BCUT2D eigenvalue weighted by atomic mass is 10.1. The number of hydrogen-bond acceptors (Lipinski definition) is 5. The Balaban J connectivity index is 1.53. The first kappa shape index (κ1) is 19.1. The number of carbonyl (C=O) groups is 3. The highest BCUT2D eigenvalue weighted by Crippen LogP contribution is 2.31. The van der Waals surface area contributed by atoms with Crippen molar-refractivity contribution in [3.05, 3.63) is 63.4 Å². The normalized spacial score (nSPS) is 12.9. The van der Waals surface area contributed by atoms with E-state index in [1.165, 1.54) is 30.3 Å². The maximum Gasteiger partial charge on any atom is 0.326 e. The van der Waals surface area contributed by atoms with Gasteiger partial charge in [0.15, 0.2) is 11.6 Å². The molecular formula is C18H12Cl2FNO5. The zero-order chi connectivity index (χ0) is 19.6. The summed E-state index contributed by atoms with van der Waals surface area (Å²) >= 11 is 11.7. The molecule has 0 N–H and O–H groups in total. The lowest BCUT2D eigenvalue weighted by Gasteiger charge is -2.13. The molecule has 2 aromatic rings. The van der Waals surface area contributed by atoms with E-state index >= 15 is 0 Å². The Hall–Kier alpha value is -2.64. The molecule has 0 aromatic heterocycles. The molecule has 0 atom stereocenters. The molecule has 9 heteroatoms. The molecule has 0 bridgehead atoms. The van der Waals surface area contributed by atoms with E-state index in [0.717, 1.165) is 4.90 Å². The fraction of sp³-hybridized carbons (Fsp3) is 0.167. The topological polar surface area (TPSA) is 72.9 Å². The molecule has 2 amide bonds. The molecule has 3 rings (SSSR count). The summed E-state index contributed by atoms with van der Waals surface area (Å²) in [5, 5.41) is 0.262. The van der Waals surface area contributed by atoms with E-state index < -0.39 is 30.1 Å². The Morgan fingerprint density at radius 3 is 2.19 bits per heavy atom. The Labute approximate surface area is 163 Å². The summed E-state index contributed by atoms with van der Waals surface area (Å²) in [5.41, 5.74) is 0.148. The maximum atomic E-state index is 13.4. The van der Waals surface area contributed by atoms with E-state index in [1.807, 2.05) is 0 Å². The maximum absolute atomic E-state index is 13.4. The minimum absolute atomic E-state index is 0.0302. The molecule has 0 saturated carbocycles. The summed E-state index contributed by atoms with van der Waals surface area (Å²) in [5.74, 6) is -2.63. The van der Waals surface area contributed by atoms with Gasteiger partial charge in [-0.1, -0.05) is 35.3 Å². The molecule has 140 valence electrons. The van der Waals surface area contributed by atoms with Crippen LogP contribution < -0.4 is 4.74 Å². The molecule has 1 heterocycles. The third-order valence-electron chi connectivity index (χ3n) is 3.74. The zero-order valence-electron chi connectivity index (χ0n) is 13.7. The smallest absolute Gasteiger partial charge is 0.326 e. The van der Waals surface area contributed by atoms with Crippen LogP contribution in [0.5, 0.6) is 5.75 Å². The van der Waals surface area contributed by atoms with Gasteiger partial charge in [0.05, 0.1) is 21.2 Å². The second-order valence-corrected chi connectivity index (χ2v) is 6.32. The number of esters is 1. The van der Waals surface area contributed by atoms with E-state index in [2.05, 4.69) is 0 Å². The molecule has 0 spiro atoms. The Bertz CT molecular complexity index is 893. The third kappa shape index (κ3) is 4.04. The number of rotatable bonds is 6. The number of para-hydroxylation sites is 1. The van der Waals surface area contributed by atoms with Crippen molar-refractivity contribution in [1.82, 2.24) is 4.90 Å². The summed E-state index contributed by atoms with van der Waals surface area (Å²) in [4.78, 5) is 37.2. The van der Waals surface area contributed by atoms with Gasteiger partial charge in [0.1, 0.15) is 19.8 Å². The van der Waals surface area contributed by atoms with Crippen molar-refractivity contribution < 1.29 is 28.2 Å².